The zero-order chi connectivity index (χ0) is 24.3. The van der Waals surface area contributed by atoms with Crippen LogP contribution in [0.2, 0.25) is 0 Å². The molecule has 8 nitrogen and oxygen atoms in total. The molecule has 0 N–H and O–H groups in total. The van der Waals surface area contributed by atoms with E-state index in [1.165, 1.54) is 13.2 Å². The van der Waals surface area contributed by atoms with Gasteiger partial charge in [-0.25, -0.2) is 13.2 Å². The van der Waals surface area contributed by atoms with Gasteiger partial charge in [0, 0.05) is 19.7 Å². The van der Waals surface area contributed by atoms with Crippen LogP contribution in [-0.2, 0) is 19.4 Å². The third kappa shape index (κ3) is 6.04. The monoisotopic (exact) mass is 474 g/mol. The fourth-order valence-corrected chi connectivity index (χ4v) is 4.16. The number of hydrogen-bond acceptors (Lipinski definition) is 6. The first-order valence-corrected chi connectivity index (χ1v) is 12.9. The molecule has 0 saturated carbocycles. The molecule has 0 saturated heterocycles. The lowest BCUT2D eigenvalue weighted by atomic mass is 10.0. The molecule has 2 aromatic rings. The molecule has 0 aromatic heterocycles. The van der Waals surface area contributed by atoms with Crippen LogP contribution in [0.5, 0.6) is 5.75 Å². The first-order valence-electron chi connectivity index (χ1n) is 10.8. The van der Waals surface area contributed by atoms with Crippen LogP contribution in [0.4, 0.5) is 16.2 Å². The molecule has 0 bridgehead atoms. The molecule has 0 radical (unpaired) electrons. The number of anilines is 2. The number of fused-ring (bicyclic) bond motifs is 1. The zero-order valence-corrected chi connectivity index (χ0v) is 20.4. The highest BCUT2D eigenvalue weighted by molar-refractivity contribution is 7.90. The van der Waals surface area contributed by atoms with Crippen LogP contribution in [0.15, 0.2) is 42.5 Å². The number of amides is 2. The van der Waals surface area contributed by atoms with E-state index in [0.717, 1.165) is 11.1 Å². The lowest BCUT2D eigenvalue weighted by Gasteiger charge is -2.40. The van der Waals surface area contributed by atoms with Crippen molar-refractivity contribution in [2.75, 3.05) is 35.0 Å². The molecule has 9 heteroatoms. The summed E-state index contributed by atoms with van der Waals surface area (Å²) in [6.07, 6.45) is 0.456. The third-order valence-corrected chi connectivity index (χ3v) is 6.13. The number of ether oxygens (including phenoxy) is 2. The van der Waals surface area contributed by atoms with E-state index in [4.69, 9.17) is 9.47 Å². The van der Waals surface area contributed by atoms with Crippen LogP contribution in [0.3, 0.4) is 0 Å². The maximum absolute atomic E-state index is 12.8. The summed E-state index contributed by atoms with van der Waals surface area (Å²) in [5.41, 5.74) is 3.02. The molecule has 1 aliphatic rings. The van der Waals surface area contributed by atoms with Gasteiger partial charge in [0.2, 0.25) is 5.91 Å². The average molecular weight is 475 g/mol. The summed E-state index contributed by atoms with van der Waals surface area (Å²) in [7, 11) is -3.08. The van der Waals surface area contributed by atoms with E-state index >= 15 is 0 Å². The number of sulfone groups is 1. The van der Waals surface area contributed by atoms with Gasteiger partial charge < -0.3 is 14.4 Å². The Balaban J connectivity index is 1.91. The molecule has 2 aromatic carbocycles. The summed E-state index contributed by atoms with van der Waals surface area (Å²) in [6, 6.07) is 12.7. The molecule has 1 unspecified atom stereocenters. The van der Waals surface area contributed by atoms with E-state index in [-0.39, 0.29) is 30.4 Å². The van der Waals surface area contributed by atoms with Gasteiger partial charge in [0.25, 0.3) is 0 Å². The summed E-state index contributed by atoms with van der Waals surface area (Å²) in [6.45, 7) is 7.42. The van der Waals surface area contributed by atoms with Gasteiger partial charge in [-0.3, -0.25) is 9.69 Å². The molecule has 1 aliphatic heterocycles. The lowest BCUT2D eigenvalue weighted by Crippen LogP contribution is -2.51. The Kier molecular flexibility index (Phi) is 7.31. The Morgan fingerprint density at radius 3 is 2.27 bits per heavy atom. The Hall–Kier alpha value is -3.07. The summed E-state index contributed by atoms with van der Waals surface area (Å²) in [5, 5.41) is 0. The van der Waals surface area contributed by atoms with Crippen molar-refractivity contribution in [1.82, 2.24) is 0 Å². The number of benzene rings is 2. The van der Waals surface area contributed by atoms with Gasteiger partial charge in [-0.15, -0.1) is 0 Å². The summed E-state index contributed by atoms with van der Waals surface area (Å²) in [4.78, 5) is 28.4. The highest BCUT2D eigenvalue weighted by atomic mass is 32.2. The Labute approximate surface area is 195 Å². The van der Waals surface area contributed by atoms with Crippen molar-refractivity contribution in [2.45, 2.75) is 39.8 Å². The van der Waals surface area contributed by atoms with Crippen molar-refractivity contribution in [3.8, 4) is 16.9 Å². The molecular weight excluding hydrogens is 444 g/mol. The van der Waals surface area contributed by atoms with E-state index in [0.29, 0.717) is 23.7 Å². The Morgan fingerprint density at radius 2 is 1.70 bits per heavy atom. The van der Waals surface area contributed by atoms with Crippen LogP contribution in [0.25, 0.3) is 11.1 Å². The fraction of sp³-hybridized carbons (Fsp3) is 0.417. The maximum atomic E-state index is 12.8. The van der Waals surface area contributed by atoms with Gasteiger partial charge >= 0.3 is 6.09 Å². The third-order valence-electron chi connectivity index (χ3n) is 5.22. The van der Waals surface area contributed by atoms with Crippen LogP contribution in [-0.4, -0.2) is 57.7 Å². The largest absolute Gasteiger partial charge is 0.493 e. The Bertz CT molecular complexity index is 1130. The minimum Gasteiger partial charge on any atom is -0.493 e. The smallest absolute Gasteiger partial charge is 0.414 e. The number of nitrogens with zero attached hydrogens (tertiary/aromatic N) is 2. The van der Waals surface area contributed by atoms with Gasteiger partial charge in [0.05, 0.1) is 29.3 Å². The first-order chi connectivity index (χ1) is 15.5. The maximum Gasteiger partial charge on any atom is 0.414 e. The van der Waals surface area contributed by atoms with Crippen molar-refractivity contribution in [3.63, 3.8) is 0 Å². The van der Waals surface area contributed by atoms with E-state index in [9.17, 15) is 18.0 Å². The highest BCUT2D eigenvalue weighted by Crippen LogP contribution is 2.39. The van der Waals surface area contributed by atoms with Crippen LogP contribution in [0.1, 0.15) is 27.7 Å². The predicted molar refractivity (Wildman–Crippen MR) is 129 cm³/mol. The molecule has 0 spiro atoms. The number of rotatable bonds is 6. The van der Waals surface area contributed by atoms with Gasteiger partial charge in [-0.2, -0.15) is 0 Å². The molecular formula is C24H30N2O6S. The molecule has 2 amide bonds. The van der Waals surface area contributed by atoms with Crippen molar-refractivity contribution in [3.05, 3.63) is 42.5 Å². The second kappa shape index (κ2) is 9.82. The normalized spacial score (nSPS) is 15.9. The molecule has 33 heavy (non-hydrogen) atoms. The minimum atomic E-state index is -3.08. The second-order valence-corrected chi connectivity index (χ2v) is 10.7. The quantitative estimate of drug-likeness (QED) is 0.631. The van der Waals surface area contributed by atoms with Crippen molar-refractivity contribution in [2.24, 2.45) is 0 Å². The molecule has 178 valence electrons. The van der Waals surface area contributed by atoms with Gasteiger partial charge in [0.15, 0.2) is 9.84 Å². The number of hydrogen-bond donors (Lipinski definition) is 0. The molecule has 1 heterocycles. The minimum absolute atomic E-state index is 0.0487. The number of carbonyl (C=O) groups is 2. The lowest BCUT2D eigenvalue weighted by molar-refractivity contribution is -0.117. The topological polar surface area (TPSA) is 93.2 Å². The van der Waals surface area contributed by atoms with Gasteiger partial charge in [-0.05, 0) is 56.2 Å². The summed E-state index contributed by atoms with van der Waals surface area (Å²) < 4.78 is 33.5. The van der Waals surface area contributed by atoms with Gasteiger partial charge in [-0.1, -0.05) is 18.2 Å². The zero-order valence-electron chi connectivity index (χ0n) is 19.6. The van der Waals surface area contributed by atoms with E-state index in [1.807, 2.05) is 37.3 Å². The number of carbonyl (C=O) groups excluding carboxylic acids is 2. The summed E-state index contributed by atoms with van der Waals surface area (Å²) in [5.74, 6) is 0.426. The molecule has 1 atom stereocenters. The second-order valence-electron chi connectivity index (χ2n) is 8.49. The Morgan fingerprint density at radius 1 is 1.06 bits per heavy atom. The summed E-state index contributed by atoms with van der Waals surface area (Å²) >= 11 is 0. The highest BCUT2D eigenvalue weighted by Gasteiger charge is 2.34. The molecule has 3 rings (SSSR count). The fourth-order valence-electron chi connectivity index (χ4n) is 3.78. The van der Waals surface area contributed by atoms with E-state index in [1.54, 1.807) is 35.8 Å². The van der Waals surface area contributed by atoms with E-state index in [2.05, 4.69) is 0 Å². The predicted octanol–water partition coefficient (Wildman–Crippen LogP) is 3.88. The first kappa shape index (κ1) is 24.6. The van der Waals surface area contributed by atoms with Gasteiger partial charge in [0.1, 0.15) is 12.4 Å². The van der Waals surface area contributed by atoms with Crippen LogP contribution < -0.4 is 14.5 Å². The van der Waals surface area contributed by atoms with Crippen molar-refractivity contribution >= 4 is 33.2 Å². The SMILES string of the molecule is CC(=O)N1c2ccc(-c3ccc(OCCS(C)(=O)=O)cc3)cc2N(C(=O)OC(C)C)CC1C. The standard InChI is InChI=1S/C24H30N2O6S/c1-16(2)32-24(28)25-15-17(3)26(18(4)27)22-11-8-20(14-23(22)25)19-6-9-21(10-7-19)31-12-13-33(5,29)30/h6-11,14,16-17H,12-13,15H2,1-5H3. The van der Waals surface area contributed by atoms with Crippen LogP contribution in [0, 0.1) is 0 Å². The molecule has 0 aliphatic carbocycles. The molecule has 0 fully saturated rings. The average Bonchev–Trinajstić information content (AvgIpc) is 2.71. The van der Waals surface area contributed by atoms with Crippen LogP contribution >= 0.6 is 0 Å². The van der Waals surface area contributed by atoms with Crippen molar-refractivity contribution in [1.29, 1.82) is 0 Å². The van der Waals surface area contributed by atoms with E-state index < -0.39 is 15.9 Å². The van der Waals surface area contributed by atoms with Crippen molar-refractivity contribution < 1.29 is 27.5 Å².